The summed E-state index contributed by atoms with van der Waals surface area (Å²) >= 11 is 7.84. The Hall–Kier alpha value is -0.670. The van der Waals surface area contributed by atoms with Gasteiger partial charge in [-0.1, -0.05) is 31.4 Å². The molecule has 0 amide bonds. The molecule has 0 atom stereocenters. The lowest BCUT2D eigenvalue weighted by molar-refractivity contribution is 0.502. The number of fused-ring (bicyclic) bond motifs is 1. The van der Waals surface area contributed by atoms with Gasteiger partial charge in [-0.05, 0) is 18.9 Å². The zero-order valence-electron chi connectivity index (χ0n) is 9.16. The fourth-order valence-corrected chi connectivity index (χ4v) is 3.97. The second-order valence-corrected chi connectivity index (χ2v) is 6.17. The lowest BCUT2D eigenvalue weighted by Gasteiger charge is -2.21. The highest BCUT2D eigenvalue weighted by molar-refractivity contribution is 7.19. The quantitative estimate of drug-likeness (QED) is 0.712. The van der Waals surface area contributed by atoms with Crippen LogP contribution in [0.1, 0.15) is 37.5 Å². The van der Waals surface area contributed by atoms with Crippen molar-refractivity contribution in [2.24, 2.45) is 0 Å². The first-order valence-electron chi connectivity index (χ1n) is 5.60. The van der Waals surface area contributed by atoms with Crippen LogP contribution in [0.4, 0.5) is 0 Å². The fraction of sp³-hybridized carbons (Fsp3) is 0.500. The molecule has 0 spiro atoms. The molecule has 3 rings (SSSR count). The molecule has 1 saturated carbocycles. The Morgan fingerprint density at radius 3 is 2.75 bits per heavy atom. The van der Waals surface area contributed by atoms with E-state index in [2.05, 4.69) is 23.0 Å². The van der Waals surface area contributed by atoms with Gasteiger partial charge in [-0.3, -0.25) is 0 Å². The zero-order valence-corrected chi connectivity index (χ0v) is 10.7. The molecule has 0 bridgehead atoms. The number of hydrogen-bond acceptors (Lipinski definition) is 3. The Morgan fingerprint density at radius 2 is 2.06 bits per heavy atom. The zero-order chi connectivity index (χ0) is 11.2. The van der Waals surface area contributed by atoms with Crippen molar-refractivity contribution in [3.63, 3.8) is 0 Å². The lowest BCUT2D eigenvalue weighted by atomic mass is 9.87. The summed E-state index contributed by atoms with van der Waals surface area (Å²) in [7, 11) is 0. The predicted octanol–water partition coefficient (Wildman–Crippen LogP) is 4.18. The van der Waals surface area contributed by atoms with Crippen molar-refractivity contribution in [3.8, 4) is 0 Å². The molecule has 16 heavy (non-hydrogen) atoms. The summed E-state index contributed by atoms with van der Waals surface area (Å²) in [5.74, 6) is 0. The smallest absolute Gasteiger partial charge is 0.150 e. The maximum Gasteiger partial charge on any atom is 0.150 e. The van der Waals surface area contributed by atoms with Crippen LogP contribution < -0.4 is 0 Å². The van der Waals surface area contributed by atoms with Gasteiger partial charge in [0.25, 0.3) is 0 Å². The highest BCUT2D eigenvalue weighted by Gasteiger charge is 2.32. The van der Waals surface area contributed by atoms with Crippen LogP contribution in [-0.2, 0) is 5.41 Å². The van der Waals surface area contributed by atoms with Crippen molar-refractivity contribution in [3.05, 3.63) is 22.4 Å². The van der Waals surface area contributed by atoms with Gasteiger partial charge in [-0.25, -0.2) is 9.97 Å². The summed E-state index contributed by atoms with van der Waals surface area (Å²) < 4.78 is 1.03. The lowest BCUT2D eigenvalue weighted by Crippen LogP contribution is -2.14. The SMILES string of the molecule is CC1(c2cc3ncnc(Cl)c3s2)CCCC1. The van der Waals surface area contributed by atoms with Crippen LogP contribution in [0.5, 0.6) is 0 Å². The first-order valence-corrected chi connectivity index (χ1v) is 6.79. The molecule has 1 aliphatic rings. The van der Waals surface area contributed by atoms with E-state index in [0.717, 1.165) is 10.2 Å². The summed E-state index contributed by atoms with van der Waals surface area (Å²) in [4.78, 5) is 9.73. The van der Waals surface area contributed by atoms with Gasteiger partial charge >= 0.3 is 0 Å². The van der Waals surface area contributed by atoms with Crippen LogP contribution in [-0.4, -0.2) is 9.97 Å². The van der Waals surface area contributed by atoms with Crippen molar-refractivity contribution >= 4 is 33.2 Å². The molecule has 2 aromatic rings. The Balaban J connectivity index is 2.15. The van der Waals surface area contributed by atoms with E-state index >= 15 is 0 Å². The van der Waals surface area contributed by atoms with Crippen molar-refractivity contribution in [1.82, 2.24) is 9.97 Å². The first kappa shape index (κ1) is 10.5. The minimum absolute atomic E-state index is 0.342. The second kappa shape index (κ2) is 3.67. The molecule has 0 unspecified atom stereocenters. The molecule has 2 heterocycles. The van der Waals surface area contributed by atoms with E-state index in [0.29, 0.717) is 10.6 Å². The summed E-state index contributed by atoms with van der Waals surface area (Å²) in [6.45, 7) is 2.35. The topological polar surface area (TPSA) is 25.8 Å². The van der Waals surface area contributed by atoms with Gasteiger partial charge in [0.2, 0.25) is 0 Å². The first-order chi connectivity index (χ1) is 7.69. The monoisotopic (exact) mass is 252 g/mol. The van der Waals surface area contributed by atoms with Crippen molar-refractivity contribution in [2.75, 3.05) is 0 Å². The molecule has 2 aromatic heterocycles. The molecule has 0 N–H and O–H groups in total. The van der Waals surface area contributed by atoms with Crippen molar-refractivity contribution in [2.45, 2.75) is 38.0 Å². The fourth-order valence-electron chi connectivity index (χ4n) is 2.52. The second-order valence-electron chi connectivity index (χ2n) is 4.76. The molecule has 1 fully saturated rings. The van der Waals surface area contributed by atoms with Gasteiger partial charge in [0, 0.05) is 10.3 Å². The Kier molecular flexibility index (Phi) is 2.41. The van der Waals surface area contributed by atoms with Gasteiger partial charge in [0.05, 0.1) is 10.2 Å². The van der Waals surface area contributed by atoms with Gasteiger partial charge in [0.1, 0.15) is 11.5 Å². The summed E-state index contributed by atoms with van der Waals surface area (Å²) in [6.07, 6.45) is 6.78. The Labute approximate surface area is 104 Å². The molecule has 0 saturated heterocycles. The van der Waals surface area contributed by atoms with E-state index in [9.17, 15) is 0 Å². The summed E-state index contributed by atoms with van der Waals surface area (Å²) in [5, 5.41) is 0.586. The Morgan fingerprint density at radius 1 is 1.31 bits per heavy atom. The largest absolute Gasteiger partial charge is 0.235 e. The molecule has 0 aromatic carbocycles. The van der Waals surface area contributed by atoms with Crippen molar-refractivity contribution < 1.29 is 0 Å². The third kappa shape index (κ3) is 1.54. The number of rotatable bonds is 1. The van der Waals surface area contributed by atoms with Crippen LogP contribution >= 0.6 is 22.9 Å². The minimum Gasteiger partial charge on any atom is -0.235 e. The number of nitrogens with zero attached hydrogens (tertiary/aromatic N) is 2. The van der Waals surface area contributed by atoms with Crippen LogP contribution in [0, 0.1) is 0 Å². The minimum atomic E-state index is 0.342. The molecule has 4 heteroatoms. The molecule has 0 aliphatic heterocycles. The Bertz CT molecular complexity index is 529. The van der Waals surface area contributed by atoms with Crippen LogP contribution in [0.25, 0.3) is 10.2 Å². The van der Waals surface area contributed by atoms with Crippen LogP contribution in [0.15, 0.2) is 12.4 Å². The molecular formula is C12H13ClN2S. The number of thiophene rings is 1. The van der Waals surface area contributed by atoms with E-state index < -0.39 is 0 Å². The third-order valence-corrected chi connectivity index (χ3v) is 5.41. The van der Waals surface area contributed by atoms with E-state index in [1.165, 1.54) is 36.9 Å². The molecule has 1 aliphatic carbocycles. The van der Waals surface area contributed by atoms with Gasteiger partial charge < -0.3 is 0 Å². The number of hydrogen-bond donors (Lipinski definition) is 0. The van der Waals surface area contributed by atoms with Crippen LogP contribution in [0.3, 0.4) is 0 Å². The maximum absolute atomic E-state index is 6.08. The van der Waals surface area contributed by atoms with Crippen molar-refractivity contribution in [1.29, 1.82) is 0 Å². The molecule has 2 nitrogen and oxygen atoms in total. The predicted molar refractivity (Wildman–Crippen MR) is 68.2 cm³/mol. The third-order valence-electron chi connectivity index (χ3n) is 3.57. The highest BCUT2D eigenvalue weighted by Crippen LogP contribution is 2.45. The normalized spacial score (nSPS) is 19.4. The van der Waals surface area contributed by atoms with E-state index in [4.69, 9.17) is 11.6 Å². The average Bonchev–Trinajstić information content (AvgIpc) is 2.85. The summed E-state index contributed by atoms with van der Waals surface area (Å²) in [5.41, 5.74) is 1.34. The van der Waals surface area contributed by atoms with E-state index in [1.807, 2.05) is 0 Å². The molecule has 0 radical (unpaired) electrons. The van der Waals surface area contributed by atoms with Gasteiger partial charge in [-0.2, -0.15) is 0 Å². The molecular weight excluding hydrogens is 240 g/mol. The van der Waals surface area contributed by atoms with Gasteiger partial charge in [-0.15, -0.1) is 11.3 Å². The van der Waals surface area contributed by atoms with Crippen LogP contribution in [0.2, 0.25) is 5.15 Å². The number of aromatic nitrogens is 2. The number of halogens is 1. The average molecular weight is 253 g/mol. The highest BCUT2D eigenvalue weighted by atomic mass is 35.5. The molecule has 84 valence electrons. The summed E-state index contributed by atoms with van der Waals surface area (Å²) in [6, 6.07) is 2.19. The standard InChI is InChI=1S/C12H13ClN2S/c1-12(4-2-3-5-12)9-6-8-10(16-9)11(13)15-7-14-8/h6-7H,2-5H2,1H3. The maximum atomic E-state index is 6.08. The van der Waals surface area contributed by atoms with Gasteiger partial charge in [0.15, 0.2) is 0 Å². The van der Waals surface area contributed by atoms with E-state index in [-0.39, 0.29) is 0 Å². The van der Waals surface area contributed by atoms with E-state index in [1.54, 1.807) is 11.3 Å².